The van der Waals surface area contributed by atoms with E-state index in [9.17, 15) is 13.2 Å². The van der Waals surface area contributed by atoms with Crippen LogP contribution in [0.5, 0.6) is 5.75 Å². The zero-order valence-electron chi connectivity index (χ0n) is 11.8. The summed E-state index contributed by atoms with van der Waals surface area (Å²) in [5.41, 5.74) is 1.12. The average Bonchev–Trinajstić information content (AvgIpc) is 2.44. The van der Waals surface area contributed by atoms with Gasteiger partial charge in [-0.2, -0.15) is 13.2 Å². The van der Waals surface area contributed by atoms with Gasteiger partial charge in [0.15, 0.2) is 6.10 Å². The monoisotopic (exact) mass is 302 g/mol. The first-order valence-corrected chi connectivity index (χ1v) is 6.33. The van der Waals surface area contributed by atoms with E-state index in [0.29, 0.717) is 23.3 Å². The number of hydrogen-bond acceptors (Lipinski definition) is 3. The topological polar surface area (TPSA) is 38.7 Å². The summed E-state index contributed by atoms with van der Waals surface area (Å²) in [7, 11) is 1.43. The number of rotatable bonds is 5. The third-order valence-electron chi connectivity index (χ3n) is 2.70. The summed E-state index contributed by atoms with van der Waals surface area (Å²) in [6.45, 7) is 0.693. The molecule has 1 N–H and O–H groups in total. The van der Waals surface area contributed by atoms with Crippen molar-refractivity contribution in [3.8, 4) is 17.6 Å². The highest BCUT2D eigenvalue weighted by atomic mass is 19.4. The Hall–Kier alpha value is -1.71. The number of aliphatic hydroxyl groups excluding tert-OH is 1. The highest BCUT2D eigenvalue weighted by molar-refractivity contribution is 5.44. The Morgan fingerprint density at radius 1 is 1.33 bits per heavy atom. The molecule has 3 nitrogen and oxygen atoms in total. The van der Waals surface area contributed by atoms with Gasteiger partial charge in [0.2, 0.25) is 0 Å². The number of methoxy groups -OCH3 is 1. The van der Waals surface area contributed by atoms with Crippen LogP contribution in [0.3, 0.4) is 0 Å². The van der Waals surface area contributed by atoms with Crippen LogP contribution in [0.15, 0.2) is 18.2 Å². The van der Waals surface area contributed by atoms with Gasteiger partial charge in [-0.25, -0.2) is 0 Å². The van der Waals surface area contributed by atoms with Crippen LogP contribution in [-0.4, -0.2) is 31.1 Å². The lowest BCUT2D eigenvalue weighted by Gasteiger charge is -2.17. The van der Waals surface area contributed by atoms with Crippen LogP contribution in [-0.2, 0) is 11.3 Å². The fourth-order valence-corrected chi connectivity index (χ4v) is 1.50. The summed E-state index contributed by atoms with van der Waals surface area (Å²) in [5.74, 6) is 6.00. The predicted molar refractivity (Wildman–Crippen MR) is 71.9 cm³/mol. The molecule has 0 heterocycles. The fourth-order valence-electron chi connectivity index (χ4n) is 1.50. The molecule has 0 saturated carbocycles. The van der Waals surface area contributed by atoms with Crippen molar-refractivity contribution in [2.24, 2.45) is 0 Å². The molecule has 1 rings (SSSR count). The first-order valence-electron chi connectivity index (χ1n) is 6.33. The van der Waals surface area contributed by atoms with E-state index in [0.717, 1.165) is 6.92 Å². The minimum atomic E-state index is -4.40. The van der Waals surface area contributed by atoms with E-state index >= 15 is 0 Å². The van der Waals surface area contributed by atoms with E-state index < -0.39 is 12.3 Å². The summed E-state index contributed by atoms with van der Waals surface area (Å²) < 4.78 is 47.2. The highest BCUT2D eigenvalue weighted by Crippen LogP contribution is 2.26. The Bertz CT molecular complexity index is 515. The van der Waals surface area contributed by atoms with E-state index in [-0.39, 0.29) is 13.2 Å². The normalized spacial score (nSPS) is 12.5. The molecule has 0 bridgehead atoms. The molecule has 0 spiro atoms. The molecule has 6 heteroatoms. The second-order valence-electron chi connectivity index (χ2n) is 4.30. The van der Waals surface area contributed by atoms with E-state index in [1.54, 1.807) is 18.2 Å². The first-order chi connectivity index (χ1) is 9.88. The summed E-state index contributed by atoms with van der Waals surface area (Å²) in [5, 5.41) is 8.65. The second kappa shape index (κ2) is 7.91. The van der Waals surface area contributed by atoms with Crippen molar-refractivity contribution in [1.29, 1.82) is 0 Å². The Morgan fingerprint density at radius 3 is 2.62 bits per heavy atom. The number of aliphatic hydroxyl groups is 1. The van der Waals surface area contributed by atoms with Crippen LogP contribution in [0, 0.1) is 11.8 Å². The van der Waals surface area contributed by atoms with Gasteiger partial charge < -0.3 is 14.6 Å². The average molecular weight is 302 g/mol. The van der Waals surface area contributed by atoms with Crippen molar-refractivity contribution < 1.29 is 27.8 Å². The molecule has 1 unspecified atom stereocenters. The molecule has 21 heavy (non-hydrogen) atoms. The van der Waals surface area contributed by atoms with Gasteiger partial charge in [-0.1, -0.05) is 11.8 Å². The third-order valence-corrected chi connectivity index (χ3v) is 2.70. The molecular weight excluding hydrogens is 285 g/mol. The van der Waals surface area contributed by atoms with Crippen molar-refractivity contribution >= 4 is 0 Å². The quantitative estimate of drug-likeness (QED) is 0.850. The molecular formula is C15H17F3O3. The SMILES string of the molecule is COc1ccc(C#CCCO)cc1COC(C)C(F)(F)F. The van der Waals surface area contributed by atoms with E-state index in [2.05, 4.69) is 11.8 Å². The van der Waals surface area contributed by atoms with Gasteiger partial charge in [-0.3, -0.25) is 0 Å². The zero-order valence-corrected chi connectivity index (χ0v) is 11.8. The number of benzene rings is 1. The van der Waals surface area contributed by atoms with Crippen LogP contribution in [0.4, 0.5) is 13.2 Å². The largest absolute Gasteiger partial charge is 0.496 e. The molecule has 0 aromatic heterocycles. The summed E-state index contributed by atoms with van der Waals surface area (Å²) in [4.78, 5) is 0. The predicted octanol–water partition coefficient (Wildman–Crippen LogP) is 2.90. The van der Waals surface area contributed by atoms with Crippen molar-refractivity contribution in [3.63, 3.8) is 0 Å². The van der Waals surface area contributed by atoms with Gasteiger partial charge in [0, 0.05) is 17.5 Å². The Labute approximate surface area is 121 Å². The molecule has 0 radical (unpaired) electrons. The maximum Gasteiger partial charge on any atom is 0.414 e. The zero-order chi connectivity index (χ0) is 15.9. The lowest BCUT2D eigenvalue weighted by Crippen LogP contribution is -2.28. The Morgan fingerprint density at radius 2 is 2.05 bits per heavy atom. The van der Waals surface area contributed by atoms with Crippen molar-refractivity contribution in [2.75, 3.05) is 13.7 Å². The van der Waals surface area contributed by atoms with Crippen LogP contribution in [0.25, 0.3) is 0 Å². The second-order valence-corrected chi connectivity index (χ2v) is 4.30. The van der Waals surface area contributed by atoms with Gasteiger partial charge in [0.1, 0.15) is 5.75 Å². The molecule has 0 fully saturated rings. The lowest BCUT2D eigenvalue weighted by atomic mass is 10.1. The molecule has 116 valence electrons. The van der Waals surface area contributed by atoms with Crippen LogP contribution in [0.1, 0.15) is 24.5 Å². The maximum absolute atomic E-state index is 12.4. The Kier molecular flexibility index (Phi) is 6.53. The van der Waals surface area contributed by atoms with Crippen molar-refractivity contribution in [1.82, 2.24) is 0 Å². The molecule has 0 amide bonds. The fraction of sp³-hybridized carbons (Fsp3) is 0.467. The minimum Gasteiger partial charge on any atom is -0.496 e. The standard InChI is InChI=1S/C15H17F3O3/c1-11(15(16,17)18)21-10-13-9-12(5-3-4-8-19)6-7-14(13)20-2/h6-7,9,11,19H,4,8,10H2,1-2H3. The van der Waals surface area contributed by atoms with Gasteiger partial charge in [-0.15, -0.1) is 0 Å². The van der Waals surface area contributed by atoms with E-state index in [1.165, 1.54) is 7.11 Å². The van der Waals surface area contributed by atoms with Crippen LogP contribution in [0.2, 0.25) is 0 Å². The third kappa shape index (κ3) is 5.66. The van der Waals surface area contributed by atoms with Gasteiger partial charge >= 0.3 is 6.18 Å². The molecule has 0 aliphatic heterocycles. The highest BCUT2D eigenvalue weighted by Gasteiger charge is 2.36. The number of halogens is 3. The number of hydrogen-bond donors (Lipinski definition) is 1. The summed E-state index contributed by atoms with van der Waals surface area (Å²) in [6, 6.07) is 4.94. The summed E-state index contributed by atoms with van der Waals surface area (Å²) in [6.07, 6.45) is -5.92. The lowest BCUT2D eigenvalue weighted by molar-refractivity contribution is -0.217. The molecule has 0 saturated heterocycles. The van der Waals surface area contributed by atoms with E-state index in [4.69, 9.17) is 14.6 Å². The summed E-state index contributed by atoms with van der Waals surface area (Å²) >= 11 is 0. The Balaban J connectivity index is 2.84. The van der Waals surface area contributed by atoms with Gasteiger partial charge in [0.25, 0.3) is 0 Å². The molecule has 1 aromatic rings. The smallest absolute Gasteiger partial charge is 0.414 e. The van der Waals surface area contributed by atoms with Gasteiger partial charge in [0.05, 0.1) is 20.3 Å². The molecule has 1 atom stereocenters. The number of ether oxygens (including phenoxy) is 2. The van der Waals surface area contributed by atoms with Crippen LogP contribution >= 0.6 is 0 Å². The van der Waals surface area contributed by atoms with Gasteiger partial charge in [-0.05, 0) is 25.1 Å². The first kappa shape index (κ1) is 17.3. The molecule has 0 aliphatic rings. The maximum atomic E-state index is 12.4. The van der Waals surface area contributed by atoms with E-state index in [1.807, 2.05) is 0 Å². The van der Waals surface area contributed by atoms with Crippen molar-refractivity contribution in [3.05, 3.63) is 29.3 Å². The molecule has 1 aromatic carbocycles. The van der Waals surface area contributed by atoms with Crippen molar-refractivity contribution in [2.45, 2.75) is 32.2 Å². The molecule has 0 aliphatic carbocycles. The number of alkyl halides is 3. The minimum absolute atomic E-state index is 0.0395. The van der Waals surface area contributed by atoms with Crippen LogP contribution < -0.4 is 4.74 Å².